The van der Waals surface area contributed by atoms with Gasteiger partial charge in [0, 0.05) is 80.9 Å². The molecule has 11 nitrogen and oxygen atoms in total. The summed E-state index contributed by atoms with van der Waals surface area (Å²) >= 11 is 14.4. The zero-order valence-electron chi connectivity index (χ0n) is 29.5. The average Bonchev–Trinajstić information content (AvgIpc) is 3.75. The fourth-order valence-electron chi connectivity index (χ4n) is 8.37. The van der Waals surface area contributed by atoms with Crippen LogP contribution in [0.2, 0.25) is 10.0 Å². The minimum absolute atomic E-state index is 0.107. The maximum Gasteiger partial charge on any atom is 0.238 e. The average molecular weight is 743 g/mol. The van der Waals surface area contributed by atoms with Gasteiger partial charge in [-0.2, -0.15) is 0 Å². The van der Waals surface area contributed by atoms with Crippen molar-refractivity contribution < 1.29 is 19.1 Å². The largest absolute Gasteiger partial charge is 0.480 e. The van der Waals surface area contributed by atoms with E-state index in [2.05, 4.69) is 21.2 Å². The topological polar surface area (TPSA) is 113 Å². The molecule has 6 heterocycles. The van der Waals surface area contributed by atoms with Crippen LogP contribution in [0.3, 0.4) is 0 Å². The molecule has 2 aromatic heterocycles. The highest BCUT2D eigenvalue weighted by atomic mass is 35.5. The van der Waals surface area contributed by atoms with Gasteiger partial charge < -0.3 is 24.6 Å². The number of pyridine rings is 1. The molecule has 4 aromatic rings. The first-order valence-corrected chi connectivity index (χ1v) is 18.5. The molecule has 0 bridgehead atoms. The quantitative estimate of drug-likeness (QED) is 0.231. The Balaban J connectivity index is 1.05. The summed E-state index contributed by atoms with van der Waals surface area (Å²) in [6.45, 7) is 6.19. The molecule has 2 amide bonds. The van der Waals surface area contributed by atoms with E-state index in [1.807, 2.05) is 41.3 Å². The van der Waals surface area contributed by atoms with Gasteiger partial charge in [-0.1, -0.05) is 59.6 Å². The SMILES string of the molecule is COc1nc(-c2cccc(-c3cccc(-c4cc5c(c(OC)n4)N(C4CCN(C(C)=O)CC4)CC5)c3Cl)c2Cl)cnc1CN1CC2(CCC(=O)N2)C1. The molecule has 4 aliphatic rings. The molecule has 270 valence electrons. The molecule has 52 heavy (non-hydrogen) atoms. The molecule has 0 unspecified atom stereocenters. The Bertz CT molecular complexity index is 2060. The molecule has 0 aliphatic carbocycles. The van der Waals surface area contributed by atoms with Gasteiger partial charge in [0.2, 0.25) is 23.6 Å². The molecular weight excluding hydrogens is 701 g/mol. The van der Waals surface area contributed by atoms with Gasteiger partial charge in [0.25, 0.3) is 0 Å². The highest BCUT2D eigenvalue weighted by Crippen LogP contribution is 2.45. The summed E-state index contributed by atoms with van der Waals surface area (Å²) in [7, 11) is 3.25. The van der Waals surface area contributed by atoms with Gasteiger partial charge in [-0.25, -0.2) is 9.97 Å². The van der Waals surface area contributed by atoms with Crippen LogP contribution in [0.15, 0.2) is 48.7 Å². The summed E-state index contributed by atoms with van der Waals surface area (Å²) in [5.41, 5.74) is 7.18. The maximum absolute atomic E-state index is 11.9. The van der Waals surface area contributed by atoms with E-state index in [0.717, 1.165) is 92.2 Å². The number of carbonyl (C=O) groups excluding carboxylic acids is 2. The Morgan fingerprint density at radius 3 is 2.15 bits per heavy atom. The van der Waals surface area contributed by atoms with E-state index in [1.54, 1.807) is 27.3 Å². The number of nitrogens with one attached hydrogen (secondary N) is 1. The third kappa shape index (κ3) is 6.22. The fourth-order valence-corrected chi connectivity index (χ4v) is 9.02. The summed E-state index contributed by atoms with van der Waals surface area (Å²) in [5.74, 6) is 1.27. The summed E-state index contributed by atoms with van der Waals surface area (Å²) < 4.78 is 11.6. The van der Waals surface area contributed by atoms with Gasteiger partial charge in [-0.15, -0.1) is 0 Å². The van der Waals surface area contributed by atoms with E-state index in [4.69, 9.17) is 47.6 Å². The van der Waals surface area contributed by atoms with Crippen LogP contribution < -0.4 is 19.7 Å². The molecule has 0 atom stereocenters. The minimum atomic E-state index is -0.107. The van der Waals surface area contributed by atoms with Gasteiger partial charge >= 0.3 is 0 Å². The second kappa shape index (κ2) is 13.8. The van der Waals surface area contributed by atoms with Crippen molar-refractivity contribution in [3.8, 4) is 45.4 Å². The normalized spacial score (nSPS) is 18.4. The number of anilines is 1. The monoisotopic (exact) mass is 741 g/mol. The Morgan fingerprint density at radius 1 is 0.904 bits per heavy atom. The lowest BCUT2D eigenvalue weighted by Crippen LogP contribution is -2.66. The second-order valence-corrected chi connectivity index (χ2v) is 15.0. The Morgan fingerprint density at radius 2 is 1.54 bits per heavy atom. The standard InChI is InChI=1S/C39H41Cl2N7O4/c1-23(49)47-15-12-25(13-16-47)48-17-11-24-18-30(43-38(52-3)36(24)48)28-8-4-6-26(34(28)40)27-7-5-9-29(35(27)41)31-19-42-32(37(44-31)51-2)20-46-21-39(22-46)14-10-33(50)45-39/h4-9,18-19,25H,10-17,20-22H2,1-3H3,(H,45,50). The number of aromatic nitrogens is 3. The number of fused-ring (bicyclic) bond motifs is 1. The number of rotatable bonds is 8. The number of benzene rings is 2. The van der Waals surface area contributed by atoms with E-state index in [0.29, 0.717) is 52.1 Å². The van der Waals surface area contributed by atoms with Crippen LogP contribution in [0.1, 0.15) is 43.9 Å². The molecule has 1 N–H and O–H groups in total. The van der Waals surface area contributed by atoms with Crippen molar-refractivity contribution in [3.05, 3.63) is 70.0 Å². The highest BCUT2D eigenvalue weighted by Gasteiger charge is 2.47. The van der Waals surface area contributed by atoms with E-state index < -0.39 is 0 Å². The summed E-state index contributed by atoms with van der Waals surface area (Å²) in [6, 6.07) is 14.1. The number of likely N-dealkylation sites (tertiary alicyclic amines) is 2. The van der Waals surface area contributed by atoms with Crippen molar-refractivity contribution in [2.24, 2.45) is 0 Å². The van der Waals surface area contributed by atoms with Crippen molar-refractivity contribution >= 4 is 40.7 Å². The van der Waals surface area contributed by atoms with Gasteiger partial charge in [0.05, 0.1) is 47.4 Å². The summed E-state index contributed by atoms with van der Waals surface area (Å²) in [4.78, 5) is 44.8. The molecule has 1 spiro atoms. The third-order valence-corrected chi connectivity index (χ3v) is 11.8. The van der Waals surface area contributed by atoms with Crippen LogP contribution in [0, 0.1) is 0 Å². The highest BCUT2D eigenvalue weighted by molar-refractivity contribution is 6.39. The van der Waals surface area contributed by atoms with E-state index in [1.165, 1.54) is 5.56 Å². The number of amides is 2. The van der Waals surface area contributed by atoms with Crippen LogP contribution in [0.4, 0.5) is 5.69 Å². The Kier molecular flexibility index (Phi) is 9.21. The van der Waals surface area contributed by atoms with Gasteiger partial charge in [-0.3, -0.25) is 19.5 Å². The first kappa shape index (κ1) is 34.6. The van der Waals surface area contributed by atoms with E-state index in [9.17, 15) is 9.59 Å². The molecule has 4 aliphatic heterocycles. The van der Waals surface area contributed by atoms with E-state index >= 15 is 0 Å². The number of ether oxygens (including phenoxy) is 2. The predicted octanol–water partition coefficient (Wildman–Crippen LogP) is 6.03. The number of methoxy groups -OCH3 is 2. The van der Waals surface area contributed by atoms with Crippen LogP contribution in [0.25, 0.3) is 33.6 Å². The number of halogens is 2. The van der Waals surface area contributed by atoms with Crippen LogP contribution in [-0.2, 0) is 22.6 Å². The molecule has 3 fully saturated rings. The Hall–Kier alpha value is -4.45. The Labute approximate surface area is 313 Å². The molecule has 0 radical (unpaired) electrons. The number of nitrogens with zero attached hydrogens (tertiary/aromatic N) is 6. The number of piperidine rings is 1. The van der Waals surface area contributed by atoms with Gasteiger partial charge in [0.1, 0.15) is 11.4 Å². The summed E-state index contributed by atoms with van der Waals surface area (Å²) in [5, 5.41) is 4.16. The molecule has 8 rings (SSSR count). The molecule has 0 saturated carbocycles. The zero-order valence-corrected chi connectivity index (χ0v) is 31.1. The number of hydrogen-bond acceptors (Lipinski definition) is 9. The van der Waals surface area contributed by atoms with Gasteiger partial charge in [0.15, 0.2) is 0 Å². The summed E-state index contributed by atoms with van der Waals surface area (Å²) in [6.07, 6.45) is 5.89. The van der Waals surface area contributed by atoms with Crippen molar-refractivity contribution in [2.45, 2.75) is 57.2 Å². The minimum Gasteiger partial charge on any atom is -0.480 e. The van der Waals surface area contributed by atoms with Crippen LogP contribution >= 0.6 is 23.2 Å². The van der Waals surface area contributed by atoms with Crippen molar-refractivity contribution in [1.29, 1.82) is 0 Å². The fraction of sp³-hybridized carbons (Fsp3) is 0.410. The number of carbonyl (C=O) groups is 2. The lowest BCUT2D eigenvalue weighted by Gasteiger charge is -2.47. The molecule has 13 heteroatoms. The lowest BCUT2D eigenvalue weighted by molar-refractivity contribution is -0.129. The first-order chi connectivity index (χ1) is 25.2. The van der Waals surface area contributed by atoms with Crippen molar-refractivity contribution in [3.63, 3.8) is 0 Å². The van der Waals surface area contributed by atoms with Crippen molar-refractivity contribution in [1.82, 2.24) is 30.1 Å². The van der Waals surface area contributed by atoms with Crippen LogP contribution in [0.5, 0.6) is 11.8 Å². The van der Waals surface area contributed by atoms with Crippen molar-refractivity contribution in [2.75, 3.05) is 51.8 Å². The maximum atomic E-state index is 11.9. The second-order valence-electron chi connectivity index (χ2n) is 14.2. The third-order valence-electron chi connectivity index (χ3n) is 11.0. The van der Waals surface area contributed by atoms with Gasteiger partial charge in [-0.05, 0) is 37.3 Å². The smallest absolute Gasteiger partial charge is 0.238 e. The predicted molar refractivity (Wildman–Crippen MR) is 201 cm³/mol. The lowest BCUT2D eigenvalue weighted by atomic mass is 9.88. The van der Waals surface area contributed by atoms with E-state index in [-0.39, 0.29) is 17.4 Å². The zero-order chi connectivity index (χ0) is 36.1. The van der Waals surface area contributed by atoms with Crippen LogP contribution in [-0.4, -0.2) is 95.1 Å². The first-order valence-electron chi connectivity index (χ1n) is 17.8. The number of hydrogen-bond donors (Lipinski definition) is 1. The molecular formula is C39H41Cl2N7O4. The molecule has 3 saturated heterocycles. The molecule has 2 aromatic carbocycles.